The van der Waals surface area contributed by atoms with E-state index in [0.717, 1.165) is 0 Å². The molecular formula is C10H16ClN3O2S. The summed E-state index contributed by atoms with van der Waals surface area (Å²) in [4.78, 5) is 7.57. The van der Waals surface area contributed by atoms with Crippen molar-refractivity contribution < 1.29 is 8.42 Å². The van der Waals surface area contributed by atoms with E-state index >= 15 is 0 Å². The number of hydrogen-bond acceptors (Lipinski definition) is 4. The van der Waals surface area contributed by atoms with E-state index in [2.05, 4.69) is 14.7 Å². The van der Waals surface area contributed by atoms with E-state index in [1.54, 1.807) is 0 Å². The zero-order valence-electron chi connectivity index (χ0n) is 10.1. The van der Waals surface area contributed by atoms with Crippen molar-refractivity contribution in [3.05, 3.63) is 17.5 Å². The van der Waals surface area contributed by atoms with Gasteiger partial charge in [-0.05, 0) is 11.8 Å². The molecule has 0 aliphatic carbocycles. The molecule has 96 valence electrons. The largest absolute Gasteiger partial charge is 0.266 e. The van der Waals surface area contributed by atoms with Gasteiger partial charge in [0.2, 0.25) is 10.0 Å². The standard InChI is InChI=1S/C10H16ClN3O2S/c1-10(2,3)4-5-17(15,16)14-9-7-12-6-8(11)13-9/h6-7H,4-5H2,1-3H3,(H,13,14). The average Bonchev–Trinajstić information content (AvgIpc) is 2.13. The van der Waals surface area contributed by atoms with Crippen molar-refractivity contribution in [3.63, 3.8) is 0 Å². The van der Waals surface area contributed by atoms with Crippen molar-refractivity contribution in [1.82, 2.24) is 9.97 Å². The second-order valence-electron chi connectivity index (χ2n) is 4.96. The molecule has 1 N–H and O–H groups in total. The molecule has 0 radical (unpaired) electrons. The Balaban J connectivity index is 2.67. The highest BCUT2D eigenvalue weighted by Gasteiger charge is 2.17. The van der Waals surface area contributed by atoms with Crippen LogP contribution >= 0.6 is 11.6 Å². The predicted molar refractivity (Wildman–Crippen MR) is 68.5 cm³/mol. The summed E-state index contributed by atoms with van der Waals surface area (Å²) < 4.78 is 25.8. The lowest BCUT2D eigenvalue weighted by Crippen LogP contribution is -2.21. The van der Waals surface area contributed by atoms with Crippen LogP contribution in [0.2, 0.25) is 5.15 Å². The van der Waals surface area contributed by atoms with Crippen molar-refractivity contribution >= 4 is 27.4 Å². The van der Waals surface area contributed by atoms with Gasteiger partial charge in [0.1, 0.15) is 5.15 Å². The lowest BCUT2D eigenvalue weighted by atomic mass is 9.94. The Morgan fingerprint density at radius 1 is 1.35 bits per heavy atom. The van der Waals surface area contributed by atoms with Crippen LogP contribution < -0.4 is 4.72 Å². The highest BCUT2D eigenvalue weighted by Crippen LogP contribution is 2.19. The third-order valence-corrected chi connectivity index (χ3v) is 3.43. The summed E-state index contributed by atoms with van der Waals surface area (Å²) in [7, 11) is -3.40. The first-order valence-corrected chi connectivity index (χ1v) is 7.19. The zero-order chi connectivity index (χ0) is 13.1. The van der Waals surface area contributed by atoms with E-state index in [9.17, 15) is 8.42 Å². The lowest BCUT2D eigenvalue weighted by Gasteiger charge is -2.17. The van der Waals surface area contributed by atoms with Gasteiger partial charge in [-0.15, -0.1) is 0 Å². The van der Waals surface area contributed by atoms with Gasteiger partial charge in [0.25, 0.3) is 0 Å². The van der Waals surface area contributed by atoms with Gasteiger partial charge in [0, 0.05) is 0 Å². The monoisotopic (exact) mass is 277 g/mol. The molecule has 0 aliphatic heterocycles. The van der Waals surface area contributed by atoms with Gasteiger partial charge in [-0.2, -0.15) is 0 Å². The summed E-state index contributed by atoms with van der Waals surface area (Å²) in [5.41, 5.74) is -0.0330. The second kappa shape index (κ2) is 5.18. The Kier molecular flexibility index (Phi) is 4.32. The summed E-state index contributed by atoms with van der Waals surface area (Å²) >= 11 is 5.61. The Bertz CT molecular complexity index is 483. The Morgan fingerprint density at radius 2 is 2.00 bits per heavy atom. The summed E-state index contributed by atoms with van der Waals surface area (Å²) in [5, 5.41) is 0.154. The van der Waals surface area contributed by atoms with Crippen molar-refractivity contribution in [3.8, 4) is 0 Å². The van der Waals surface area contributed by atoms with Crippen LogP contribution in [0.15, 0.2) is 12.4 Å². The molecule has 1 rings (SSSR count). The van der Waals surface area contributed by atoms with Gasteiger partial charge >= 0.3 is 0 Å². The van der Waals surface area contributed by atoms with Crippen LogP contribution in [0.1, 0.15) is 27.2 Å². The molecule has 0 aliphatic rings. The molecule has 0 atom stereocenters. The van der Waals surface area contributed by atoms with Crippen LogP contribution in [0.4, 0.5) is 5.82 Å². The fourth-order valence-electron chi connectivity index (χ4n) is 1.04. The molecule has 0 unspecified atom stereocenters. The van der Waals surface area contributed by atoms with E-state index in [1.807, 2.05) is 20.8 Å². The molecule has 0 amide bonds. The van der Waals surface area contributed by atoms with Gasteiger partial charge < -0.3 is 0 Å². The SMILES string of the molecule is CC(C)(C)CCS(=O)(=O)Nc1cncc(Cl)n1. The molecule has 0 saturated carbocycles. The minimum atomic E-state index is -3.40. The van der Waals surface area contributed by atoms with Crippen LogP contribution in [0.5, 0.6) is 0 Å². The first-order valence-electron chi connectivity index (χ1n) is 5.16. The first kappa shape index (κ1) is 14.2. The lowest BCUT2D eigenvalue weighted by molar-refractivity contribution is 0.397. The molecule has 0 fully saturated rings. The number of rotatable bonds is 4. The topological polar surface area (TPSA) is 72.0 Å². The third-order valence-electron chi connectivity index (χ3n) is 1.99. The number of nitrogens with zero attached hydrogens (tertiary/aromatic N) is 2. The minimum absolute atomic E-state index is 0.0330. The Morgan fingerprint density at radius 3 is 2.53 bits per heavy atom. The highest BCUT2D eigenvalue weighted by atomic mass is 35.5. The van der Waals surface area contributed by atoms with Gasteiger partial charge in [-0.25, -0.2) is 13.4 Å². The normalized spacial score (nSPS) is 12.5. The van der Waals surface area contributed by atoms with E-state index < -0.39 is 10.0 Å². The van der Waals surface area contributed by atoms with Gasteiger partial charge in [-0.1, -0.05) is 32.4 Å². The number of aromatic nitrogens is 2. The second-order valence-corrected chi connectivity index (χ2v) is 7.19. The fourth-order valence-corrected chi connectivity index (χ4v) is 2.59. The molecule has 0 spiro atoms. The molecule has 0 aromatic carbocycles. The molecule has 0 bridgehead atoms. The van der Waals surface area contributed by atoms with Crippen molar-refractivity contribution in [2.24, 2.45) is 5.41 Å². The van der Waals surface area contributed by atoms with E-state index in [4.69, 9.17) is 11.6 Å². The first-order chi connectivity index (χ1) is 7.68. The molecule has 1 aromatic rings. The number of nitrogens with one attached hydrogen (secondary N) is 1. The average molecular weight is 278 g/mol. The quantitative estimate of drug-likeness (QED) is 0.917. The van der Waals surface area contributed by atoms with E-state index in [1.165, 1.54) is 12.4 Å². The molecule has 17 heavy (non-hydrogen) atoms. The predicted octanol–water partition coefficient (Wildman–Crippen LogP) is 2.31. The number of sulfonamides is 1. The summed E-state index contributed by atoms with van der Waals surface area (Å²) in [5.74, 6) is 0.191. The minimum Gasteiger partial charge on any atom is -0.266 e. The number of anilines is 1. The summed E-state index contributed by atoms with van der Waals surface area (Å²) in [6.07, 6.45) is 3.23. The highest BCUT2D eigenvalue weighted by molar-refractivity contribution is 7.92. The molecule has 7 heteroatoms. The maximum absolute atomic E-state index is 11.7. The summed E-state index contributed by atoms with van der Waals surface area (Å²) in [6, 6.07) is 0. The van der Waals surface area contributed by atoms with Crippen LogP contribution in [0.3, 0.4) is 0 Å². The molecule has 0 saturated heterocycles. The van der Waals surface area contributed by atoms with Crippen molar-refractivity contribution in [2.75, 3.05) is 10.5 Å². The number of hydrogen-bond donors (Lipinski definition) is 1. The van der Waals surface area contributed by atoms with Gasteiger partial charge in [0.05, 0.1) is 18.1 Å². The maximum atomic E-state index is 11.7. The van der Waals surface area contributed by atoms with Crippen LogP contribution in [0, 0.1) is 5.41 Å². The van der Waals surface area contributed by atoms with Gasteiger partial charge in [0.15, 0.2) is 5.82 Å². The molecule has 1 aromatic heterocycles. The Hall–Kier alpha value is -0.880. The molecule has 1 heterocycles. The summed E-state index contributed by atoms with van der Waals surface area (Å²) in [6.45, 7) is 5.96. The Labute approximate surface area is 107 Å². The molecular weight excluding hydrogens is 262 g/mol. The van der Waals surface area contributed by atoms with E-state index in [-0.39, 0.29) is 22.1 Å². The van der Waals surface area contributed by atoms with E-state index in [0.29, 0.717) is 6.42 Å². The van der Waals surface area contributed by atoms with Crippen molar-refractivity contribution in [1.29, 1.82) is 0 Å². The number of halogens is 1. The van der Waals surface area contributed by atoms with Crippen LogP contribution in [-0.4, -0.2) is 24.1 Å². The fraction of sp³-hybridized carbons (Fsp3) is 0.600. The molecule has 5 nitrogen and oxygen atoms in total. The third kappa shape index (κ3) is 5.83. The smallest absolute Gasteiger partial charge is 0.233 e. The zero-order valence-corrected chi connectivity index (χ0v) is 11.6. The maximum Gasteiger partial charge on any atom is 0.233 e. The van der Waals surface area contributed by atoms with Crippen LogP contribution in [-0.2, 0) is 10.0 Å². The van der Waals surface area contributed by atoms with Gasteiger partial charge in [-0.3, -0.25) is 9.71 Å². The van der Waals surface area contributed by atoms with Crippen LogP contribution in [0.25, 0.3) is 0 Å². The van der Waals surface area contributed by atoms with Crippen molar-refractivity contribution in [2.45, 2.75) is 27.2 Å².